The van der Waals surface area contributed by atoms with Crippen molar-refractivity contribution in [3.8, 4) is 5.75 Å². The van der Waals surface area contributed by atoms with Crippen LogP contribution in [0.1, 0.15) is 32.8 Å². The van der Waals surface area contributed by atoms with Gasteiger partial charge in [-0.25, -0.2) is 4.39 Å². The zero-order chi connectivity index (χ0) is 13.5. The van der Waals surface area contributed by atoms with E-state index in [1.54, 1.807) is 19.1 Å². The van der Waals surface area contributed by atoms with Gasteiger partial charge in [0.25, 0.3) is 0 Å². The standard InChI is InChI=1S/C15H24FNO/c1-5-13(9-17-11(2)3)10-18-14-6-7-15(16)12(4)8-14/h6-8,11,13,17H,5,9-10H2,1-4H3. The van der Waals surface area contributed by atoms with Crippen molar-refractivity contribution in [1.82, 2.24) is 5.32 Å². The molecule has 0 aliphatic carbocycles. The van der Waals surface area contributed by atoms with Crippen molar-refractivity contribution in [3.05, 3.63) is 29.6 Å². The zero-order valence-electron chi connectivity index (χ0n) is 11.8. The molecule has 3 heteroatoms. The highest BCUT2D eigenvalue weighted by Gasteiger charge is 2.08. The summed E-state index contributed by atoms with van der Waals surface area (Å²) in [6.07, 6.45) is 1.07. The average Bonchev–Trinajstić information content (AvgIpc) is 2.33. The van der Waals surface area contributed by atoms with Crippen LogP contribution in [0.15, 0.2) is 18.2 Å². The Morgan fingerprint density at radius 3 is 2.61 bits per heavy atom. The number of nitrogens with one attached hydrogen (secondary N) is 1. The van der Waals surface area contributed by atoms with E-state index in [1.165, 1.54) is 6.07 Å². The molecular formula is C15H24FNO. The first-order chi connectivity index (χ1) is 8.52. The second-order valence-electron chi connectivity index (χ2n) is 5.06. The van der Waals surface area contributed by atoms with Gasteiger partial charge in [-0.3, -0.25) is 0 Å². The quantitative estimate of drug-likeness (QED) is 0.802. The summed E-state index contributed by atoms with van der Waals surface area (Å²) in [6.45, 7) is 9.80. The molecule has 1 atom stereocenters. The highest BCUT2D eigenvalue weighted by atomic mass is 19.1. The number of hydrogen-bond donors (Lipinski definition) is 1. The van der Waals surface area contributed by atoms with Crippen LogP contribution in [0.5, 0.6) is 5.75 Å². The van der Waals surface area contributed by atoms with Crippen molar-refractivity contribution in [2.75, 3.05) is 13.2 Å². The number of ether oxygens (including phenoxy) is 1. The van der Waals surface area contributed by atoms with Crippen molar-refractivity contribution in [2.45, 2.75) is 40.2 Å². The van der Waals surface area contributed by atoms with Crippen molar-refractivity contribution >= 4 is 0 Å². The molecule has 0 spiro atoms. The van der Waals surface area contributed by atoms with Gasteiger partial charge in [0.1, 0.15) is 11.6 Å². The molecule has 18 heavy (non-hydrogen) atoms. The summed E-state index contributed by atoms with van der Waals surface area (Å²) < 4.78 is 18.8. The molecule has 1 N–H and O–H groups in total. The summed E-state index contributed by atoms with van der Waals surface area (Å²) in [5, 5.41) is 3.41. The molecule has 102 valence electrons. The smallest absolute Gasteiger partial charge is 0.126 e. The maximum atomic E-state index is 13.1. The van der Waals surface area contributed by atoms with Gasteiger partial charge in [-0.05, 0) is 37.1 Å². The molecule has 0 fully saturated rings. The lowest BCUT2D eigenvalue weighted by atomic mass is 10.1. The molecule has 0 aromatic heterocycles. The molecule has 1 aromatic carbocycles. The third kappa shape index (κ3) is 5.05. The summed E-state index contributed by atoms with van der Waals surface area (Å²) in [5.74, 6) is 1.05. The molecule has 0 aliphatic rings. The molecule has 1 rings (SSSR count). The zero-order valence-corrected chi connectivity index (χ0v) is 11.8. The topological polar surface area (TPSA) is 21.3 Å². The second-order valence-corrected chi connectivity index (χ2v) is 5.06. The fourth-order valence-corrected chi connectivity index (χ4v) is 1.64. The van der Waals surface area contributed by atoms with E-state index in [0.717, 1.165) is 18.7 Å². The van der Waals surface area contributed by atoms with Crippen LogP contribution in [-0.2, 0) is 0 Å². The molecule has 1 unspecified atom stereocenters. The maximum absolute atomic E-state index is 13.1. The molecule has 2 nitrogen and oxygen atoms in total. The van der Waals surface area contributed by atoms with Crippen LogP contribution in [-0.4, -0.2) is 19.2 Å². The first-order valence-electron chi connectivity index (χ1n) is 6.65. The summed E-state index contributed by atoms with van der Waals surface area (Å²) in [7, 11) is 0. The van der Waals surface area contributed by atoms with E-state index in [9.17, 15) is 4.39 Å². The van der Waals surface area contributed by atoms with Gasteiger partial charge < -0.3 is 10.1 Å². The molecule has 0 heterocycles. The van der Waals surface area contributed by atoms with E-state index in [2.05, 4.69) is 26.1 Å². The Labute approximate surface area is 110 Å². The summed E-state index contributed by atoms with van der Waals surface area (Å²) in [5.41, 5.74) is 0.626. The number of hydrogen-bond acceptors (Lipinski definition) is 2. The van der Waals surface area contributed by atoms with E-state index < -0.39 is 0 Å². The average molecular weight is 253 g/mol. The molecule has 0 aliphatic heterocycles. The predicted molar refractivity (Wildman–Crippen MR) is 73.6 cm³/mol. The van der Waals surface area contributed by atoms with E-state index >= 15 is 0 Å². The molecule has 0 saturated heterocycles. The van der Waals surface area contributed by atoms with Gasteiger partial charge in [0, 0.05) is 18.5 Å². The Hall–Kier alpha value is -1.09. The van der Waals surface area contributed by atoms with Gasteiger partial charge in [0.15, 0.2) is 0 Å². The van der Waals surface area contributed by atoms with Crippen LogP contribution in [0.4, 0.5) is 4.39 Å². The summed E-state index contributed by atoms with van der Waals surface area (Å²) in [6, 6.07) is 5.38. The lowest BCUT2D eigenvalue weighted by Gasteiger charge is -2.18. The Balaban J connectivity index is 2.44. The van der Waals surface area contributed by atoms with Gasteiger partial charge in [-0.15, -0.1) is 0 Å². The molecule has 0 radical (unpaired) electrons. The summed E-state index contributed by atoms with van der Waals surface area (Å²) >= 11 is 0. The van der Waals surface area contributed by atoms with Crippen LogP contribution in [0.25, 0.3) is 0 Å². The van der Waals surface area contributed by atoms with Crippen molar-refractivity contribution in [1.29, 1.82) is 0 Å². The fourth-order valence-electron chi connectivity index (χ4n) is 1.64. The third-order valence-corrected chi connectivity index (χ3v) is 3.01. The van der Waals surface area contributed by atoms with Gasteiger partial charge in [0.2, 0.25) is 0 Å². The first-order valence-corrected chi connectivity index (χ1v) is 6.65. The van der Waals surface area contributed by atoms with E-state index in [1.807, 2.05) is 0 Å². The second kappa shape index (κ2) is 7.37. The SMILES string of the molecule is CCC(CNC(C)C)COc1ccc(F)c(C)c1. The third-order valence-electron chi connectivity index (χ3n) is 3.01. The number of rotatable bonds is 7. The van der Waals surface area contributed by atoms with Gasteiger partial charge in [0.05, 0.1) is 6.61 Å². The highest BCUT2D eigenvalue weighted by molar-refractivity contribution is 5.28. The lowest BCUT2D eigenvalue weighted by molar-refractivity contribution is 0.237. The van der Waals surface area contributed by atoms with Crippen molar-refractivity contribution in [2.24, 2.45) is 5.92 Å². The lowest BCUT2D eigenvalue weighted by Crippen LogP contribution is -2.31. The number of benzene rings is 1. The van der Waals surface area contributed by atoms with Gasteiger partial charge >= 0.3 is 0 Å². The molecule has 1 aromatic rings. The molecule has 0 amide bonds. The minimum Gasteiger partial charge on any atom is -0.493 e. The normalized spacial score (nSPS) is 12.8. The van der Waals surface area contributed by atoms with E-state index in [0.29, 0.717) is 24.1 Å². The number of aryl methyl sites for hydroxylation is 1. The van der Waals surface area contributed by atoms with Crippen LogP contribution in [0, 0.1) is 18.7 Å². The molecule has 0 bridgehead atoms. The Morgan fingerprint density at radius 1 is 1.33 bits per heavy atom. The van der Waals surface area contributed by atoms with Crippen molar-refractivity contribution < 1.29 is 9.13 Å². The minimum absolute atomic E-state index is 0.184. The Morgan fingerprint density at radius 2 is 2.06 bits per heavy atom. The largest absolute Gasteiger partial charge is 0.493 e. The predicted octanol–water partition coefficient (Wildman–Crippen LogP) is 3.54. The molecular weight excluding hydrogens is 229 g/mol. The van der Waals surface area contributed by atoms with Gasteiger partial charge in [-0.2, -0.15) is 0 Å². The van der Waals surface area contributed by atoms with Crippen LogP contribution >= 0.6 is 0 Å². The van der Waals surface area contributed by atoms with Crippen molar-refractivity contribution in [3.63, 3.8) is 0 Å². The minimum atomic E-state index is -0.184. The first kappa shape index (κ1) is 15.0. The maximum Gasteiger partial charge on any atom is 0.126 e. The monoisotopic (exact) mass is 253 g/mol. The van der Waals surface area contributed by atoms with Crippen LogP contribution < -0.4 is 10.1 Å². The molecule has 0 saturated carbocycles. The van der Waals surface area contributed by atoms with E-state index in [-0.39, 0.29) is 5.82 Å². The van der Waals surface area contributed by atoms with Gasteiger partial charge in [-0.1, -0.05) is 20.8 Å². The van der Waals surface area contributed by atoms with E-state index in [4.69, 9.17) is 4.74 Å². The Kier molecular flexibility index (Phi) is 6.13. The highest BCUT2D eigenvalue weighted by Crippen LogP contribution is 2.17. The summed E-state index contributed by atoms with van der Waals surface area (Å²) in [4.78, 5) is 0. The fraction of sp³-hybridized carbons (Fsp3) is 0.600. The number of halogens is 1. The van der Waals surface area contributed by atoms with Crippen LogP contribution in [0.3, 0.4) is 0 Å². The van der Waals surface area contributed by atoms with Crippen LogP contribution in [0.2, 0.25) is 0 Å². The Bertz CT molecular complexity index is 366.